The van der Waals surface area contributed by atoms with Gasteiger partial charge in [0.1, 0.15) is 17.4 Å². The molecule has 0 bridgehead atoms. The summed E-state index contributed by atoms with van der Waals surface area (Å²) in [5.41, 5.74) is -0.0579. The van der Waals surface area contributed by atoms with Crippen LogP contribution in [-0.2, 0) is 0 Å². The van der Waals surface area contributed by atoms with E-state index >= 15 is 0 Å². The zero-order valence-electron chi connectivity index (χ0n) is 7.75. The van der Waals surface area contributed by atoms with Crippen LogP contribution in [0.4, 0.5) is 0 Å². The van der Waals surface area contributed by atoms with Crippen LogP contribution in [0, 0.1) is 0 Å². The zero-order valence-corrected chi connectivity index (χ0v) is 11.4. The maximum absolute atomic E-state index is 10.5. The predicted molar refractivity (Wildman–Crippen MR) is 46.0 cm³/mol. The number of carboxylic acid groups (broad SMARTS) is 1. The first-order valence-electron chi connectivity index (χ1n) is 2.97. The summed E-state index contributed by atoms with van der Waals surface area (Å²) in [5, 5.41) is 8.80. The third kappa shape index (κ3) is 3.40. The molecule has 1 rings (SSSR count). The Morgan fingerprint density at radius 1 is 1.54 bits per heavy atom. The van der Waals surface area contributed by atoms with Crippen LogP contribution in [0.25, 0.3) is 0 Å². The predicted octanol–water partition coefficient (Wildman–Crippen LogP) is -0.313. The van der Waals surface area contributed by atoms with Crippen molar-refractivity contribution in [2.24, 2.45) is 0 Å². The third-order valence-electron chi connectivity index (χ3n) is 1.27. The van der Waals surface area contributed by atoms with Gasteiger partial charge in [-0.15, -0.1) is 0 Å². The average Bonchev–Trinajstić information content (AvgIpc) is 2.03. The first-order valence-corrected chi connectivity index (χ1v) is 3.66. The molecule has 13 heavy (non-hydrogen) atoms. The van der Waals surface area contributed by atoms with Gasteiger partial charge in [-0.1, -0.05) is 17.7 Å². The fourth-order valence-corrected chi connectivity index (χ4v) is 1.17. The molecule has 1 N–H and O–H groups in total. The van der Waals surface area contributed by atoms with Crippen molar-refractivity contribution < 1.29 is 67.0 Å². The van der Waals surface area contributed by atoms with Crippen molar-refractivity contribution in [1.29, 1.82) is 0 Å². The van der Waals surface area contributed by atoms with E-state index in [1.54, 1.807) is 0 Å². The van der Waals surface area contributed by atoms with E-state index in [9.17, 15) is 4.79 Å². The van der Waals surface area contributed by atoms with Crippen molar-refractivity contribution in [1.82, 2.24) is 0 Å². The largest absolute Gasteiger partial charge is 1.00 e. The summed E-state index contributed by atoms with van der Waals surface area (Å²) in [6, 6.07) is 4.35. The quantitative estimate of drug-likeness (QED) is 0.729. The third-order valence-corrected chi connectivity index (χ3v) is 1.73. The Labute approximate surface area is 129 Å². The Hall–Kier alpha value is 0.706. The van der Waals surface area contributed by atoms with Crippen molar-refractivity contribution >= 4 is 29.4 Å². The molecule has 0 aliphatic rings. The summed E-state index contributed by atoms with van der Waals surface area (Å²) in [7, 11) is 0. The van der Waals surface area contributed by atoms with E-state index in [0.29, 0.717) is 0 Å². The molecule has 0 radical (unpaired) electrons. The van der Waals surface area contributed by atoms with Gasteiger partial charge in [0, 0.05) is 0 Å². The first kappa shape index (κ1) is 13.7. The standard InChI is InChI=1S/C7H4Cl2O3.K.H/c8-5-3-1-2-4(7(10)11)6(5)12-9;;/h1-3H,(H,10,11);;/q;+1;-1. The summed E-state index contributed by atoms with van der Waals surface area (Å²) in [5.74, 6) is -1.17. The first-order chi connectivity index (χ1) is 5.66. The number of benzene rings is 1. The van der Waals surface area contributed by atoms with Crippen LogP contribution in [-0.4, -0.2) is 11.1 Å². The second-order valence-corrected chi connectivity index (χ2v) is 2.56. The average molecular weight is 247 g/mol. The molecule has 0 unspecified atom stereocenters. The second-order valence-electron chi connectivity index (χ2n) is 2.00. The van der Waals surface area contributed by atoms with Crippen LogP contribution < -0.4 is 55.7 Å². The van der Waals surface area contributed by atoms with Gasteiger partial charge in [0.15, 0.2) is 5.75 Å². The Balaban J connectivity index is 0. The van der Waals surface area contributed by atoms with E-state index in [0.717, 1.165) is 0 Å². The number of hydrogen-bond acceptors (Lipinski definition) is 2. The number of para-hydroxylation sites is 1. The van der Waals surface area contributed by atoms with Crippen molar-refractivity contribution in [3.05, 3.63) is 28.8 Å². The minimum absolute atomic E-state index is 0. The van der Waals surface area contributed by atoms with Crippen molar-refractivity contribution in [3.63, 3.8) is 0 Å². The fraction of sp³-hybridized carbons (Fsp3) is 0. The van der Waals surface area contributed by atoms with Gasteiger partial charge in [0.25, 0.3) is 0 Å². The maximum atomic E-state index is 10.5. The van der Waals surface area contributed by atoms with E-state index in [-0.39, 0.29) is 69.1 Å². The molecule has 0 saturated heterocycles. The summed E-state index contributed by atoms with van der Waals surface area (Å²) >= 11 is 10.6. The normalized spacial score (nSPS) is 8.77. The van der Waals surface area contributed by atoms with E-state index in [2.05, 4.69) is 4.29 Å². The number of carboxylic acids is 1. The molecule has 0 aromatic heterocycles. The Morgan fingerprint density at radius 3 is 2.54 bits per heavy atom. The molecule has 6 heteroatoms. The van der Waals surface area contributed by atoms with Gasteiger partial charge >= 0.3 is 57.4 Å². The Bertz CT molecular complexity index is 322. The minimum Gasteiger partial charge on any atom is -1.00 e. The van der Waals surface area contributed by atoms with Crippen molar-refractivity contribution in [2.75, 3.05) is 0 Å². The topological polar surface area (TPSA) is 46.5 Å². The van der Waals surface area contributed by atoms with Crippen LogP contribution in [0.2, 0.25) is 5.02 Å². The molecule has 0 heterocycles. The molecule has 1 aromatic rings. The van der Waals surface area contributed by atoms with Crippen LogP contribution in [0.15, 0.2) is 18.2 Å². The molecule has 0 saturated carbocycles. The van der Waals surface area contributed by atoms with E-state index in [1.165, 1.54) is 18.2 Å². The fourth-order valence-electron chi connectivity index (χ4n) is 0.756. The number of rotatable bonds is 2. The smallest absolute Gasteiger partial charge is 1.00 e. The van der Waals surface area contributed by atoms with Gasteiger partial charge in [0.05, 0.1) is 5.02 Å². The summed E-state index contributed by atoms with van der Waals surface area (Å²) in [4.78, 5) is 10.5. The molecule has 0 aliphatic carbocycles. The summed E-state index contributed by atoms with van der Waals surface area (Å²) in [6.07, 6.45) is 0. The molecular formula is C7H5Cl2KO3. The SMILES string of the molecule is O=C(O)c1cccc(Cl)c1OCl.[H-].[K+]. The van der Waals surface area contributed by atoms with Gasteiger partial charge in [-0.25, -0.2) is 4.79 Å². The molecular weight excluding hydrogens is 242 g/mol. The zero-order chi connectivity index (χ0) is 9.14. The number of aromatic carboxylic acids is 1. The van der Waals surface area contributed by atoms with Crippen molar-refractivity contribution in [2.45, 2.75) is 0 Å². The molecule has 0 fully saturated rings. The van der Waals surface area contributed by atoms with Crippen molar-refractivity contribution in [3.8, 4) is 5.75 Å². The van der Waals surface area contributed by atoms with E-state index in [4.69, 9.17) is 28.6 Å². The van der Waals surface area contributed by atoms with Gasteiger partial charge in [0.2, 0.25) is 0 Å². The summed E-state index contributed by atoms with van der Waals surface area (Å²) in [6.45, 7) is 0. The van der Waals surface area contributed by atoms with Crippen LogP contribution >= 0.6 is 23.5 Å². The van der Waals surface area contributed by atoms with Gasteiger partial charge in [-0.2, -0.15) is 0 Å². The maximum Gasteiger partial charge on any atom is 1.00 e. The van der Waals surface area contributed by atoms with Gasteiger partial charge in [-0.3, -0.25) is 0 Å². The minimum atomic E-state index is -1.13. The number of carbonyl (C=O) groups is 1. The van der Waals surface area contributed by atoms with E-state index < -0.39 is 5.97 Å². The molecule has 0 spiro atoms. The molecule has 1 aromatic carbocycles. The number of halogens is 2. The van der Waals surface area contributed by atoms with Crippen LogP contribution in [0.1, 0.15) is 11.8 Å². The number of hydrogen-bond donors (Lipinski definition) is 1. The molecule has 0 aliphatic heterocycles. The van der Waals surface area contributed by atoms with Gasteiger partial charge < -0.3 is 10.8 Å². The van der Waals surface area contributed by atoms with Gasteiger partial charge in [-0.05, 0) is 12.1 Å². The second kappa shape index (κ2) is 6.24. The monoisotopic (exact) mass is 246 g/mol. The molecule has 3 nitrogen and oxygen atoms in total. The Kier molecular flexibility index (Phi) is 6.58. The van der Waals surface area contributed by atoms with Crippen LogP contribution in [0.5, 0.6) is 5.75 Å². The molecule has 66 valence electrons. The molecule has 0 atom stereocenters. The molecule has 0 amide bonds. The summed E-state index contributed by atoms with van der Waals surface area (Å²) < 4.78 is 4.30. The van der Waals surface area contributed by atoms with E-state index in [1.807, 2.05) is 0 Å². The van der Waals surface area contributed by atoms with Crippen LogP contribution in [0.3, 0.4) is 0 Å². The Morgan fingerprint density at radius 2 is 2.15 bits per heavy atom.